The van der Waals surface area contributed by atoms with Crippen LogP contribution in [0.1, 0.15) is 71.1 Å². The Morgan fingerprint density at radius 1 is 1.20 bits per heavy atom. The highest BCUT2D eigenvalue weighted by molar-refractivity contribution is 5.79. The standard InChI is InChI=1S/C16H27NO3/c1-2-3-10-17(13-6-7-13)14(18)11-16(12-15(19)20)8-4-5-9-16/h13H,2-12H2,1H3,(H,19,20). The molecule has 0 aliphatic heterocycles. The van der Waals surface area contributed by atoms with Crippen molar-refractivity contribution in [2.75, 3.05) is 6.54 Å². The van der Waals surface area contributed by atoms with Gasteiger partial charge in [0.05, 0.1) is 6.42 Å². The number of rotatable bonds is 8. The summed E-state index contributed by atoms with van der Waals surface area (Å²) < 4.78 is 0. The molecule has 2 saturated carbocycles. The third-order valence-electron chi connectivity index (χ3n) is 4.78. The number of unbranched alkanes of at least 4 members (excludes halogenated alkanes) is 1. The molecule has 0 unspecified atom stereocenters. The summed E-state index contributed by atoms with van der Waals surface area (Å²) in [5, 5.41) is 9.13. The number of carboxylic acids is 1. The van der Waals surface area contributed by atoms with E-state index in [0.29, 0.717) is 12.5 Å². The lowest BCUT2D eigenvalue weighted by Crippen LogP contribution is -2.38. The second kappa shape index (κ2) is 6.59. The van der Waals surface area contributed by atoms with Crippen LogP contribution in [0.5, 0.6) is 0 Å². The monoisotopic (exact) mass is 281 g/mol. The van der Waals surface area contributed by atoms with Crippen molar-refractivity contribution in [3.8, 4) is 0 Å². The zero-order valence-corrected chi connectivity index (χ0v) is 12.6. The molecule has 2 aliphatic carbocycles. The summed E-state index contributed by atoms with van der Waals surface area (Å²) in [5.74, 6) is -0.560. The van der Waals surface area contributed by atoms with E-state index < -0.39 is 5.97 Å². The molecule has 0 bridgehead atoms. The molecule has 0 radical (unpaired) electrons. The van der Waals surface area contributed by atoms with E-state index >= 15 is 0 Å². The molecule has 114 valence electrons. The zero-order chi connectivity index (χ0) is 14.6. The van der Waals surface area contributed by atoms with Crippen molar-refractivity contribution in [3.63, 3.8) is 0 Å². The molecule has 2 aliphatic rings. The van der Waals surface area contributed by atoms with Gasteiger partial charge in [0.2, 0.25) is 5.91 Å². The van der Waals surface area contributed by atoms with Gasteiger partial charge in [-0.15, -0.1) is 0 Å². The molecule has 0 spiro atoms. The molecule has 4 nitrogen and oxygen atoms in total. The lowest BCUT2D eigenvalue weighted by atomic mass is 9.79. The molecule has 20 heavy (non-hydrogen) atoms. The first-order valence-electron chi connectivity index (χ1n) is 8.07. The van der Waals surface area contributed by atoms with E-state index in [9.17, 15) is 9.59 Å². The van der Waals surface area contributed by atoms with Gasteiger partial charge in [-0.05, 0) is 37.5 Å². The molecule has 0 aromatic rings. The molecule has 1 N–H and O–H groups in total. The van der Waals surface area contributed by atoms with Crippen LogP contribution < -0.4 is 0 Å². The Kier molecular flexibility index (Phi) is 5.06. The third kappa shape index (κ3) is 3.97. The van der Waals surface area contributed by atoms with Crippen molar-refractivity contribution in [1.29, 1.82) is 0 Å². The summed E-state index contributed by atoms with van der Waals surface area (Å²) in [6.45, 7) is 2.99. The summed E-state index contributed by atoms with van der Waals surface area (Å²) in [5.41, 5.74) is -0.262. The molecule has 2 rings (SSSR count). The first-order chi connectivity index (χ1) is 9.56. The number of amides is 1. The first-order valence-corrected chi connectivity index (χ1v) is 8.07. The van der Waals surface area contributed by atoms with Gasteiger partial charge in [0.15, 0.2) is 0 Å². The summed E-state index contributed by atoms with van der Waals surface area (Å²) >= 11 is 0. The highest BCUT2D eigenvalue weighted by Gasteiger charge is 2.41. The molecule has 0 saturated heterocycles. The quantitative estimate of drug-likeness (QED) is 0.743. The van der Waals surface area contributed by atoms with Crippen molar-refractivity contribution in [2.45, 2.75) is 77.2 Å². The average molecular weight is 281 g/mol. The van der Waals surface area contributed by atoms with Gasteiger partial charge in [-0.1, -0.05) is 26.2 Å². The lowest BCUT2D eigenvalue weighted by molar-refractivity contribution is -0.141. The fourth-order valence-corrected chi connectivity index (χ4v) is 3.51. The summed E-state index contributed by atoms with van der Waals surface area (Å²) in [7, 11) is 0. The average Bonchev–Trinajstić information content (AvgIpc) is 3.11. The highest BCUT2D eigenvalue weighted by Crippen LogP contribution is 2.45. The fourth-order valence-electron chi connectivity index (χ4n) is 3.51. The van der Waals surface area contributed by atoms with E-state index in [4.69, 9.17) is 5.11 Å². The molecule has 2 fully saturated rings. The van der Waals surface area contributed by atoms with E-state index in [0.717, 1.165) is 57.9 Å². The Balaban J connectivity index is 1.97. The minimum absolute atomic E-state index is 0.158. The van der Waals surface area contributed by atoms with Crippen LogP contribution in [0.15, 0.2) is 0 Å². The minimum atomic E-state index is -0.758. The molecule has 0 heterocycles. The number of hydrogen-bond acceptors (Lipinski definition) is 2. The molecular formula is C16H27NO3. The van der Waals surface area contributed by atoms with E-state index in [2.05, 4.69) is 6.92 Å². The Bertz CT molecular complexity index is 357. The van der Waals surface area contributed by atoms with Gasteiger partial charge >= 0.3 is 5.97 Å². The maximum absolute atomic E-state index is 12.6. The van der Waals surface area contributed by atoms with Crippen LogP contribution >= 0.6 is 0 Å². The molecular weight excluding hydrogens is 254 g/mol. The van der Waals surface area contributed by atoms with Gasteiger partial charge in [-0.3, -0.25) is 9.59 Å². The van der Waals surface area contributed by atoms with Crippen LogP contribution in [-0.2, 0) is 9.59 Å². The number of carbonyl (C=O) groups excluding carboxylic acids is 1. The Labute approximate surface area is 121 Å². The second-order valence-electron chi connectivity index (χ2n) is 6.63. The number of nitrogens with zero attached hydrogens (tertiary/aromatic N) is 1. The van der Waals surface area contributed by atoms with Crippen LogP contribution in [0.4, 0.5) is 0 Å². The molecule has 0 aromatic heterocycles. The van der Waals surface area contributed by atoms with Gasteiger partial charge in [0.1, 0.15) is 0 Å². The van der Waals surface area contributed by atoms with Gasteiger partial charge in [0.25, 0.3) is 0 Å². The van der Waals surface area contributed by atoms with Crippen molar-refractivity contribution in [1.82, 2.24) is 4.90 Å². The maximum atomic E-state index is 12.6. The molecule has 0 atom stereocenters. The third-order valence-corrected chi connectivity index (χ3v) is 4.78. The number of carbonyl (C=O) groups is 2. The Hall–Kier alpha value is -1.06. The smallest absolute Gasteiger partial charge is 0.303 e. The van der Waals surface area contributed by atoms with Gasteiger partial charge in [-0.25, -0.2) is 0 Å². The lowest BCUT2D eigenvalue weighted by Gasteiger charge is -2.30. The van der Waals surface area contributed by atoms with Gasteiger partial charge < -0.3 is 10.0 Å². The summed E-state index contributed by atoms with van der Waals surface area (Å²) in [4.78, 5) is 25.7. The van der Waals surface area contributed by atoms with Crippen molar-refractivity contribution in [2.24, 2.45) is 5.41 Å². The summed E-state index contributed by atoms with van der Waals surface area (Å²) in [6.07, 6.45) is 8.94. The largest absolute Gasteiger partial charge is 0.481 e. The second-order valence-corrected chi connectivity index (χ2v) is 6.63. The number of carboxylic acid groups (broad SMARTS) is 1. The number of aliphatic carboxylic acids is 1. The van der Waals surface area contributed by atoms with Crippen molar-refractivity contribution >= 4 is 11.9 Å². The number of hydrogen-bond donors (Lipinski definition) is 1. The van der Waals surface area contributed by atoms with Crippen LogP contribution in [0.2, 0.25) is 0 Å². The topological polar surface area (TPSA) is 57.6 Å². The van der Waals surface area contributed by atoms with Crippen molar-refractivity contribution < 1.29 is 14.7 Å². The molecule has 1 amide bonds. The maximum Gasteiger partial charge on any atom is 0.303 e. The predicted molar refractivity (Wildman–Crippen MR) is 77.4 cm³/mol. The van der Waals surface area contributed by atoms with Gasteiger partial charge in [0, 0.05) is 19.0 Å². The summed E-state index contributed by atoms with van der Waals surface area (Å²) in [6, 6.07) is 0.442. The van der Waals surface area contributed by atoms with Crippen LogP contribution in [0, 0.1) is 5.41 Å². The van der Waals surface area contributed by atoms with Crippen molar-refractivity contribution in [3.05, 3.63) is 0 Å². The Morgan fingerprint density at radius 2 is 1.85 bits per heavy atom. The van der Waals surface area contributed by atoms with Gasteiger partial charge in [-0.2, -0.15) is 0 Å². The first kappa shape index (κ1) is 15.3. The van der Waals surface area contributed by atoms with E-state index in [1.165, 1.54) is 0 Å². The predicted octanol–water partition coefficient (Wildman–Crippen LogP) is 3.20. The zero-order valence-electron chi connectivity index (χ0n) is 12.6. The van der Waals surface area contributed by atoms with Crippen LogP contribution in [-0.4, -0.2) is 34.5 Å². The normalized spacial score (nSPS) is 20.9. The molecule has 4 heteroatoms. The SMILES string of the molecule is CCCCN(C(=O)CC1(CC(=O)O)CCCC1)C1CC1. The van der Waals surface area contributed by atoms with E-state index in [1.807, 2.05) is 4.90 Å². The van der Waals surface area contributed by atoms with E-state index in [1.54, 1.807) is 0 Å². The minimum Gasteiger partial charge on any atom is -0.481 e. The highest BCUT2D eigenvalue weighted by atomic mass is 16.4. The molecule has 0 aromatic carbocycles. The fraction of sp³-hybridized carbons (Fsp3) is 0.875. The Morgan fingerprint density at radius 3 is 2.35 bits per heavy atom. The van der Waals surface area contributed by atoms with Crippen LogP contribution in [0.25, 0.3) is 0 Å². The van der Waals surface area contributed by atoms with E-state index in [-0.39, 0.29) is 17.7 Å². The van der Waals surface area contributed by atoms with Crippen LogP contribution in [0.3, 0.4) is 0 Å².